The van der Waals surface area contributed by atoms with E-state index in [1.807, 2.05) is 0 Å². The van der Waals surface area contributed by atoms with Crippen molar-refractivity contribution in [2.24, 2.45) is 0 Å². The van der Waals surface area contributed by atoms with Crippen LogP contribution >= 0.6 is 11.6 Å². The Hall–Kier alpha value is -2.64. The number of anilines is 1. The van der Waals surface area contributed by atoms with Gasteiger partial charge in [0.15, 0.2) is 5.65 Å². The van der Waals surface area contributed by atoms with Gasteiger partial charge in [0.25, 0.3) is 5.91 Å². The first kappa shape index (κ1) is 17.8. The van der Waals surface area contributed by atoms with Gasteiger partial charge in [0.2, 0.25) is 0 Å². The first-order valence-corrected chi connectivity index (χ1v) is 9.22. The summed E-state index contributed by atoms with van der Waals surface area (Å²) in [5.74, 6) is 0.238. The van der Waals surface area contributed by atoms with E-state index in [2.05, 4.69) is 15.5 Å². The number of benzene rings is 1. The second-order valence-electron chi connectivity index (χ2n) is 6.63. The number of halogens is 1. The standard InChI is InChI=1S/C19H19ClN4O3/c20-12-3-8-17(27-14-6-4-13(25)5-7-14)16(10-12)22-19(26)15-2-1-9-24-11-21-23-18(15)24/h1-3,8-11,13-14,25H,4-7H2,(H,22,26). The summed E-state index contributed by atoms with van der Waals surface area (Å²) in [5.41, 5.74) is 1.38. The predicted molar refractivity (Wildman–Crippen MR) is 101 cm³/mol. The minimum absolute atomic E-state index is 0.00477. The fraction of sp³-hybridized carbons (Fsp3) is 0.316. The van der Waals surface area contributed by atoms with E-state index >= 15 is 0 Å². The number of rotatable bonds is 4. The first-order chi connectivity index (χ1) is 13.1. The maximum Gasteiger partial charge on any atom is 0.259 e. The van der Waals surface area contributed by atoms with Crippen molar-refractivity contribution in [1.29, 1.82) is 0 Å². The Balaban J connectivity index is 1.57. The number of aliphatic hydroxyl groups is 1. The van der Waals surface area contributed by atoms with E-state index in [0.717, 1.165) is 25.7 Å². The maximum absolute atomic E-state index is 12.8. The molecule has 3 aromatic rings. The molecule has 2 heterocycles. The summed E-state index contributed by atoms with van der Waals surface area (Å²) >= 11 is 6.12. The Kier molecular flexibility index (Phi) is 4.96. The zero-order valence-corrected chi connectivity index (χ0v) is 15.3. The molecule has 1 fully saturated rings. The van der Waals surface area contributed by atoms with Crippen molar-refractivity contribution in [3.8, 4) is 5.75 Å². The molecule has 7 nitrogen and oxygen atoms in total. The minimum Gasteiger partial charge on any atom is -0.488 e. The summed E-state index contributed by atoms with van der Waals surface area (Å²) in [7, 11) is 0. The molecule has 1 amide bonds. The van der Waals surface area contributed by atoms with Crippen LogP contribution in [0.15, 0.2) is 42.9 Å². The van der Waals surface area contributed by atoms with Gasteiger partial charge in [-0.05, 0) is 56.0 Å². The van der Waals surface area contributed by atoms with Crippen LogP contribution in [0.3, 0.4) is 0 Å². The molecule has 2 aromatic heterocycles. The number of pyridine rings is 1. The Morgan fingerprint density at radius 3 is 2.89 bits per heavy atom. The number of amides is 1. The lowest BCUT2D eigenvalue weighted by atomic mass is 9.95. The molecule has 1 aliphatic carbocycles. The van der Waals surface area contributed by atoms with E-state index in [1.54, 1.807) is 40.9 Å². The lowest BCUT2D eigenvalue weighted by molar-refractivity contribution is 0.0669. The molecule has 4 rings (SSSR count). The minimum atomic E-state index is -0.320. The van der Waals surface area contributed by atoms with E-state index in [1.165, 1.54) is 6.33 Å². The molecule has 0 saturated heterocycles. The fourth-order valence-corrected chi connectivity index (χ4v) is 3.44. The van der Waals surface area contributed by atoms with Gasteiger partial charge in [-0.2, -0.15) is 0 Å². The molecular weight excluding hydrogens is 368 g/mol. The average molecular weight is 387 g/mol. The van der Waals surface area contributed by atoms with Gasteiger partial charge in [-0.1, -0.05) is 11.6 Å². The highest BCUT2D eigenvalue weighted by Crippen LogP contribution is 2.32. The number of hydrogen-bond donors (Lipinski definition) is 2. The van der Waals surface area contributed by atoms with Gasteiger partial charge in [-0.3, -0.25) is 9.20 Å². The summed E-state index contributed by atoms with van der Waals surface area (Å²) in [5, 5.41) is 20.8. The van der Waals surface area contributed by atoms with Crippen molar-refractivity contribution in [3.63, 3.8) is 0 Å². The van der Waals surface area contributed by atoms with Crippen molar-refractivity contribution in [2.75, 3.05) is 5.32 Å². The lowest BCUT2D eigenvalue weighted by Crippen LogP contribution is -2.27. The highest BCUT2D eigenvalue weighted by atomic mass is 35.5. The van der Waals surface area contributed by atoms with Crippen molar-refractivity contribution in [3.05, 3.63) is 53.4 Å². The number of carbonyl (C=O) groups is 1. The van der Waals surface area contributed by atoms with Crippen molar-refractivity contribution < 1.29 is 14.6 Å². The van der Waals surface area contributed by atoms with Gasteiger partial charge >= 0.3 is 0 Å². The third-order valence-electron chi connectivity index (χ3n) is 4.70. The second kappa shape index (κ2) is 7.54. The third kappa shape index (κ3) is 3.89. The summed E-state index contributed by atoms with van der Waals surface area (Å²) < 4.78 is 7.76. The van der Waals surface area contributed by atoms with Crippen LogP contribution < -0.4 is 10.1 Å². The molecule has 0 spiro atoms. The summed E-state index contributed by atoms with van der Waals surface area (Å²) in [6.45, 7) is 0. The Labute approximate surface area is 160 Å². The summed E-state index contributed by atoms with van der Waals surface area (Å²) in [6.07, 6.45) is 6.05. The van der Waals surface area contributed by atoms with Crippen LogP contribution in [0.2, 0.25) is 5.02 Å². The Morgan fingerprint density at radius 1 is 1.26 bits per heavy atom. The van der Waals surface area contributed by atoms with E-state index in [9.17, 15) is 9.90 Å². The molecule has 1 aliphatic rings. The van der Waals surface area contributed by atoms with Gasteiger partial charge in [0, 0.05) is 11.2 Å². The zero-order valence-electron chi connectivity index (χ0n) is 14.5. The number of aliphatic hydroxyl groups excluding tert-OH is 1. The predicted octanol–water partition coefficient (Wildman–Crippen LogP) is 3.32. The first-order valence-electron chi connectivity index (χ1n) is 8.84. The topological polar surface area (TPSA) is 88.8 Å². The van der Waals surface area contributed by atoms with Crippen LogP contribution in [-0.4, -0.2) is 37.8 Å². The smallest absolute Gasteiger partial charge is 0.259 e. The fourth-order valence-electron chi connectivity index (χ4n) is 3.26. The SMILES string of the molecule is O=C(Nc1cc(Cl)ccc1OC1CCC(O)CC1)c1cccn2cnnc12. The largest absolute Gasteiger partial charge is 0.488 e. The van der Waals surface area contributed by atoms with E-state index in [0.29, 0.717) is 27.7 Å². The molecule has 0 atom stereocenters. The highest BCUT2D eigenvalue weighted by Gasteiger charge is 2.22. The summed E-state index contributed by atoms with van der Waals surface area (Å²) in [6, 6.07) is 8.58. The normalized spacial score (nSPS) is 19.8. The maximum atomic E-state index is 12.8. The molecule has 0 aliphatic heterocycles. The quantitative estimate of drug-likeness (QED) is 0.718. The second-order valence-corrected chi connectivity index (χ2v) is 7.06. The van der Waals surface area contributed by atoms with Gasteiger partial charge in [0.05, 0.1) is 23.5 Å². The zero-order chi connectivity index (χ0) is 18.8. The Bertz CT molecular complexity index is 966. The lowest BCUT2D eigenvalue weighted by Gasteiger charge is -2.27. The molecule has 0 bridgehead atoms. The molecular formula is C19H19ClN4O3. The van der Waals surface area contributed by atoms with Crippen molar-refractivity contribution in [2.45, 2.75) is 37.9 Å². The number of ether oxygens (including phenoxy) is 1. The molecule has 1 saturated carbocycles. The monoisotopic (exact) mass is 386 g/mol. The molecule has 140 valence electrons. The number of carbonyl (C=O) groups excluding carboxylic acids is 1. The van der Waals surface area contributed by atoms with Gasteiger partial charge in [-0.15, -0.1) is 10.2 Å². The van der Waals surface area contributed by atoms with Gasteiger partial charge in [0.1, 0.15) is 12.1 Å². The van der Waals surface area contributed by atoms with Crippen LogP contribution in [0.25, 0.3) is 5.65 Å². The number of fused-ring (bicyclic) bond motifs is 1. The molecule has 2 N–H and O–H groups in total. The molecule has 8 heteroatoms. The van der Waals surface area contributed by atoms with Crippen LogP contribution in [-0.2, 0) is 0 Å². The van der Waals surface area contributed by atoms with Crippen LogP contribution in [0.5, 0.6) is 5.75 Å². The van der Waals surface area contributed by atoms with Crippen LogP contribution in [0, 0.1) is 0 Å². The third-order valence-corrected chi connectivity index (χ3v) is 4.93. The van der Waals surface area contributed by atoms with Crippen LogP contribution in [0.4, 0.5) is 5.69 Å². The van der Waals surface area contributed by atoms with Crippen molar-refractivity contribution in [1.82, 2.24) is 14.6 Å². The van der Waals surface area contributed by atoms with Crippen LogP contribution in [0.1, 0.15) is 36.0 Å². The number of aromatic nitrogens is 3. The van der Waals surface area contributed by atoms with E-state index in [-0.39, 0.29) is 18.1 Å². The molecule has 1 aromatic carbocycles. The highest BCUT2D eigenvalue weighted by molar-refractivity contribution is 6.31. The Morgan fingerprint density at radius 2 is 2.07 bits per heavy atom. The summed E-state index contributed by atoms with van der Waals surface area (Å²) in [4.78, 5) is 12.8. The van der Waals surface area contributed by atoms with E-state index < -0.39 is 0 Å². The van der Waals surface area contributed by atoms with Gasteiger partial charge in [-0.25, -0.2) is 0 Å². The molecule has 27 heavy (non-hydrogen) atoms. The number of hydrogen-bond acceptors (Lipinski definition) is 5. The molecule has 0 unspecified atom stereocenters. The number of nitrogens with zero attached hydrogens (tertiary/aromatic N) is 3. The number of nitrogens with one attached hydrogen (secondary N) is 1. The molecule has 0 radical (unpaired) electrons. The van der Waals surface area contributed by atoms with E-state index in [4.69, 9.17) is 16.3 Å². The van der Waals surface area contributed by atoms with Gasteiger partial charge < -0.3 is 15.2 Å². The average Bonchev–Trinajstić information content (AvgIpc) is 3.14. The van der Waals surface area contributed by atoms with Crippen molar-refractivity contribution >= 4 is 28.8 Å².